The summed E-state index contributed by atoms with van der Waals surface area (Å²) in [7, 11) is 0. The Morgan fingerprint density at radius 1 is 0.389 bits per heavy atom. The van der Waals surface area contributed by atoms with Gasteiger partial charge < -0.3 is 14.2 Å². The van der Waals surface area contributed by atoms with Crippen LogP contribution in [0, 0.1) is 11.8 Å². The first-order valence-corrected chi connectivity index (χ1v) is 23.8. The second-order valence-corrected chi connectivity index (χ2v) is 17.1. The fourth-order valence-electron chi connectivity index (χ4n) is 7.07. The minimum absolute atomic E-state index is 0.0662. The lowest BCUT2D eigenvalue weighted by Crippen LogP contribution is -2.30. The molecule has 54 heavy (non-hydrogen) atoms. The van der Waals surface area contributed by atoms with Gasteiger partial charge in [0.2, 0.25) is 0 Å². The van der Waals surface area contributed by atoms with Crippen LogP contribution >= 0.6 is 0 Å². The number of rotatable bonds is 42. The van der Waals surface area contributed by atoms with Gasteiger partial charge in [-0.25, -0.2) is 0 Å². The summed E-state index contributed by atoms with van der Waals surface area (Å²) in [6, 6.07) is 0. The van der Waals surface area contributed by atoms with Gasteiger partial charge in [-0.1, -0.05) is 221 Å². The van der Waals surface area contributed by atoms with E-state index in [1.165, 1.54) is 148 Å². The molecule has 320 valence electrons. The van der Waals surface area contributed by atoms with Crippen LogP contribution in [-0.4, -0.2) is 37.2 Å². The summed E-state index contributed by atoms with van der Waals surface area (Å²) in [5, 5.41) is 0. The number of unbranched alkanes of at least 4 members (excludes halogenated alkanes) is 26. The van der Waals surface area contributed by atoms with Gasteiger partial charge in [0.05, 0.1) is 0 Å². The van der Waals surface area contributed by atoms with Crippen LogP contribution in [0.2, 0.25) is 0 Å². The predicted molar refractivity (Wildman–Crippen MR) is 229 cm³/mol. The highest BCUT2D eigenvalue weighted by atomic mass is 16.6. The first kappa shape index (κ1) is 52.4. The van der Waals surface area contributed by atoms with Crippen molar-refractivity contribution in [3.05, 3.63) is 0 Å². The third kappa shape index (κ3) is 40.1. The summed E-state index contributed by atoms with van der Waals surface area (Å²) in [6.07, 6.45) is 39.6. The summed E-state index contributed by atoms with van der Waals surface area (Å²) < 4.78 is 16.7. The Morgan fingerprint density at radius 2 is 0.704 bits per heavy atom. The van der Waals surface area contributed by atoms with Gasteiger partial charge in [-0.05, 0) is 31.1 Å². The molecule has 0 aromatic heterocycles. The van der Waals surface area contributed by atoms with Crippen molar-refractivity contribution in [1.82, 2.24) is 0 Å². The molecule has 0 saturated heterocycles. The maximum Gasteiger partial charge on any atom is 0.306 e. The Bertz CT molecular complexity index is 826. The molecule has 0 aliphatic heterocycles. The van der Waals surface area contributed by atoms with Gasteiger partial charge in [0, 0.05) is 19.3 Å². The molecule has 0 amide bonds. The van der Waals surface area contributed by atoms with Crippen molar-refractivity contribution in [3.8, 4) is 0 Å². The maximum absolute atomic E-state index is 12.7. The lowest BCUT2D eigenvalue weighted by molar-refractivity contribution is -0.167. The van der Waals surface area contributed by atoms with Gasteiger partial charge in [0.1, 0.15) is 13.2 Å². The largest absolute Gasteiger partial charge is 0.462 e. The molecule has 0 fully saturated rings. The highest BCUT2D eigenvalue weighted by Crippen LogP contribution is 2.17. The number of carbonyl (C=O) groups excluding carboxylic acids is 3. The highest BCUT2D eigenvalue weighted by Gasteiger charge is 2.19. The molecule has 0 aromatic carbocycles. The van der Waals surface area contributed by atoms with Crippen LogP contribution in [0.25, 0.3) is 0 Å². The van der Waals surface area contributed by atoms with Crippen LogP contribution in [-0.2, 0) is 28.6 Å². The molecule has 0 bridgehead atoms. The molecular formula is C48H92O6. The minimum atomic E-state index is -0.762. The maximum atomic E-state index is 12.7. The summed E-state index contributed by atoms with van der Waals surface area (Å²) in [6.45, 7) is 11.3. The molecule has 0 aliphatic rings. The summed E-state index contributed by atoms with van der Waals surface area (Å²) in [4.78, 5) is 37.7. The van der Waals surface area contributed by atoms with E-state index in [4.69, 9.17) is 14.2 Å². The predicted octanol–water partition coefficient (Wildman–Crippen LogP) is 15.0. The molecule has 0 saturated carbocycles. The molecule has 0 heterocycles. The van der Waals surface area contributed by atoms with Crippen molar-refractivity contribution in [2.24, 2.45) is 11.8 Å². The molecule has 6 nitrogen and oxygen atoms in total. The summed E-state index contributed by atoms with van der Waals surface area (Å²) in [5.41, 5.74) is 0. The van der Waals surface area contributed by atoms with Gasteiger partial charge in [0.25, 0.3) is 0 Å². The zero-order valence-electron chi connectivity index (χ0n) is 36.8. The molecule has 0 aromatic rings. The second kappa shape index (κ2) is 41.1. The SMILES string of the molecule is CCCCCCCCCCCCCCCCCCCC(=O)OC[C@@H](COC(=O)CCCCCCCCC(C)CC)OC(=O)CCCCCCCCC(C)C. The van der Waals surface area contributed by atoms with Gasteiger partial charge in [-0.15, -0.1) is 0 Å². The Morgan fingerprint density at radius 3 is 1.06 bits per heavy atom. The molecule has 0 radical (unpaired) electrons. The van der Waals surface area contributed by atoms with Crippen LogP contribution in [0.3, 0.4) is 0 Å². The lowest BCUT2D eigenvalue weighted by atomic mass is 10.00. The van der Waals surface area contributed by atoms with Crippen LogP contribution in [0.15, 0.2) is 0 Å². The first-order chi connectivity index (χ1) is 26.3. The van der Waals surface area contributed by atoms with Crippen LogP contribution in [0.1, 0.15) is 259 Å². The Balaban J connectivity index is 4.24. The second-order valence-electron chi connectivity index (χ2n) is 17.1. The van der Waals surface area contributed by atoms with Crippen molar-refractivity contribution >= 4 is 17.9 Å². The van der Waals surface area contributed by atoms with E-state index in [0.717, 1.165) is 69.6 Å². The van der Waals surface area contributed by atoms with Gasteiger partial charge >= 0.3 is 17.9 Å². The van der Waals surface area contributed by atoms with Gasteiger partial charge in [-0.2, -0.15) is 0 Å². The van der Waals surface area contributed by atoms with E-state index in [0.29, 0.717) is 19.3 Å². The Labute approximate surface area is 336 Å². The highest BCUT2D eigenvalue weighted by molar-refractivity contribution is 5.71. The van der Waals surface area contributed by atoms with Crippen molar-refractivity contribution in [1.29, 1.82) is 0 Å². The fraction of sp³-hybridized carbons (Fsp3) is 0.938. The number of hydrogen-bond acceptors (Lipinski definition) is 6. The standard InChI is InChI=1S/C48H92O6/c1-6-8-9-10-11-12-13-14-15-16-17-18-19-20-21-28-33-38-46(49)52-41-45(54-48(51)40-35-30-24-22-26-31-36-43(3)4)42-53-47(50)39-34-29-25-23-27-32-37-44(5)7-2/h43-45H,6-42H2,1-5H3/t44?,45-/m0/s1. The fourth-order valence-corrected chi connectivity index (χ4v) is 7.07. The monoisotopic (exact) mass is 765 g/mol. The molecule has 6 heteroatoms. The summed E-state index contributed by atoms with van der Waals surface area (Å²) >= 11 is 0. The first-order valence-electron chi connectivity index (χ1n) is 23.8. The number of carbonyl (C=O) groups is 3. The average molecular weight is 765 g/mol. The number of ether oxygens (including phenoxy) is 3. The smallest absolute Gasteiger partial charge is 0.306 e. The molecule has 0 aliphatic carbocycles. The average Bonchev–Trinajstić information content (AvgIpc) is 3.15. The third-order valence-corrected chi connectivity index (χ3v) is 11.1. The van der Waals surface area contributed by atoms with Crippen LogP contribution in [0.5, 0.6) is 0 Å². The molecular weight excluding hydrogens is 673 g/mol. The number of hydrogen-bond donors (Lipinski definition) is 0. The summed E-state index contributed by atoms with van der Waals surface area (Å²) in [5.74, 6) is 0.710. The van der Waals surface area contributed by atoms with E-state index in [9.17, 15) is 14.4 Å². The van der Waals surface area contributed by atoms with E-state index in [1.807, 2.05) is 0 Å². The zero-order chi connectivity index (χ0) is 39.7. The molecule has 0 spiro atoms. The van der Waals surface area contributed by atoms with E-state index in [2.05, 4.69) is 34.6 Å². The van der Waals surface area contributed by atoms with E-state index < -0.39 is 6.10 Å². The normalized spacial score (nSPS) is 12.6. The van der Waals surface area contributed by atoms with Crippen molar-refractivity contribution in [2.75, 3.05) is 13.2 Å². The third-order valence-electron chi connectivity index (χ3n) is 11.1. The van der Waals surface area contributed by atoms with Crippen LogP contribution in [0.4, 0.5) is 0 Å². The van der Waals surface area contributed by atoms with E-state index in [1.54, 1.807) is 0 Å². The molecule has 0 rings (SSSR count). The van der Waals surface area contributed by atoms with Crippen molar-refractivity contribution in [3.63, 3.8) is 0 Å². The van der Waals surface area contributed by atoms with E-state index >= 15 is 0 Å². The lowest BCUT2D eigenvalue weighted by Gasteiger charge is -2.18. The minimum Gasteiger partial charge on any atom is -0.462 e. The zero-order valence-corrected chi connectivity index (χ0v) is 36.8. The number of esters is 3. The van der Waals surface area contributed by atoms with Gasteiger partial charge in [-0.3, -0.25) is 14.4 Å². The quantitative estimate of drug-likeness (QED) is 0.0350. The van der Waals surface area contributed by atoms with Crippen molar-refractivity contribution in [2.45, 2.75) is 265 Å². The van der Waals surface area contributed by atoms with Crippen molar-refractivity contribution < 1.29 is 28.6 Å². The van der Waals surface area contributed by atoms with E-state index in [-0.39, 0.29) is 31.1 Å². The Hall–Kier alpha value is -1.59. The molecule has 1 unspecified atom stereocenters. The van der Waals surface area contributed by atoms with Crippen LogP contribution < -0.4 is 0 Å². The Kier molecular flexibility index (Phi) is 39.8. The molecule has 0 N–H and O–H groups in total. The topological polar surface area (TPSA) is 78.9 Å². The van der Waals surface area contributed by atoms with Gasteiger partial charge in [0.15, 0.2) is 6.10 Å². The molecule has 2 atom stereocenters.